The minimum absolute atomic E-state index is 0.143. The molecular formula is C27H23N3O3. The van der Waals surface area contributed by atoms with E-state index in [1.807, 2.05) is 0 Å². The lowest BCUT2D eigenvalue weighted by Crippen LogP contribution is -2.82. The molecule has 0 amide bonds. The third-order valence-corrected chi connectivity index (χ3v) is 5.41. The molecule has 0 aliphatic carbocycles. The average Bonchev–Trinajstić information content (AvgIpc) is 3.27. The highest BCUT2D eigenvalue weighted by Gasteiger charge is 2.39. The van der Waals surface area contributed by atoms with Crippen LogP contribution < -0.4 is 10.2 Å². The molecule has 0 fully saturated rings. The molecule has 5 rings (SSSR count). The molecule has 4 aromatic rings. The van der Waals surface area contributed by atoms with Crippen molar-refractivity contribution in [1.29, 1.82) is 0 Å². The molecular weight excluding hydrogens is 414 g/mol. The third-order valence-electron chi connectivity index (χ3n) is 5.41. The maximum atomic E-state index is 8.25. The third kappa shape index (κ3) is 5.08. The van der Waals surface area contributed by atoms with Crippen LogP contribution in [0.25, 0.3) is 11.4 Å². The number of hydrogen-bond acceptors (Lipinski definition) is 4. The Morgan fingerprint density at radius 1 is 0.636 bits per heavy atom. The van der Waals surface area contributed by atoms with E-state index in [-0.39, 0.29) is 6.17 Å². The smallest absolute Gasteiger partial charge is 0.197 e. The van der Waals surface area contributed by atoms with Gasteiger partial charge in [-0.15, -0.1) is 0 Å². The molecule has 164 valence electrons. The van der Waals surface area contributed by atoms with Crippen LogP contribution in [0.1, 0.15) is 22.9 Å². The summed E-state index contributed by atoms with van der Waals surface area (Å²) >= 11 is 0. The summed E-state index contributed by atoms with van der Waals surface area (Å²) in [5, 5.41) is 17.2. The monoisotopic (exact) mass is 437 g/mol. The van der Waals surface area contributed by atoms with Crippen molar-refractivity contribution in [2.45, 2.75) is 6.17 Å². The Bertz CT molecular complexity index is 1210. The van der Waals surface area contributed by atoms with Crippen molar-refractivity contribution in [3.8, 4) is 0 Å². The van der Waals surface area contributed by atoms with Gasteiger partial charge in [0.25, 0.3) is 0 Å². The van der Waals surface area contributed by atoms with Gasteiger partial charge in [0.15, 0.2) is 11.9 Å². The lowest BCUT2D eigenvalue weighted by molar-refractivity contribution is -0.600. The average molecular weight is 437 g/mol. The number of hydrogen-bond donors (Lipinski definition) is 1. The van der Waals surface area contributed by atoms with Crippen LogP contribution >= 0.6 is 0 Å². The number of benzene rings is 4. The van der Waals surface area contributed by atoms with E-state index in [1.165, 1.54) is 33.8 Å². The molecule has 0 saturated carbocycles. The van der Waals surface area contributed by atoms with Gasteiger partial charge in [0.1, 0.15) is 5.70 Å². The summed E-state index contributed by atoms with van der Waals surface area (Å²) in [4.78, 5) is 10.7. The number of anilines is 1. The van der Waals surface area contributed by atoms with Gasteiger partial charge in [0.2, 0.25) is 0 Å². The first kappa shape index (κ1) is 21.8. The number of para-hydroxylation sites is 1. The van der Waals surface area contributed by atoms with Gasteiger partial charge in [-0.3, -0.25) is 10.2 Å². The number of rotatable bonds is 4. The minimum atomic E-state index is -1.75. The highest BCUT2D eigenvalue weighted by molar-refractivity contribution is 5.95. The summed E-state index contributed by atoms with van der Waals surface area (Å²) < 4.78 is 0. The number of nitrogens with zero attached hydrogens (tertiary/aromatic N) is 2. The Morgan fingerprint density at radius 3 is 1.58 bits per heavy atom. The number of nitrogens with two attached hydrogens (primary N) is 1. The minimum Gasteiger partial charge on any atom is -0.356 e. The quantitative estimate of drug-likeness (QED) is 0.357. The molecule has 1 atom stereocenters. The zero-order valence-corrected chi connectivity index (χ0v) is 17.8. The molecule has 2 N–H and O–H groups in total. The molecule has 1 aliphatic rings. The van der Waals surface area contributed by atoms with Gasteiger partial charge in [-0.05, 0) is 24.3 Å². The highest BCUT2D eigenvalue weighted by Crippen LogP contribution is 2.39. The molecule has 0 spiro atoms. The Labute approximate surface area is 192 Å². The fourth-order valence-corrected chi connectivity index (χ4v) is 4.10. The van der Waals surface area contributed by atoms with Crippen LogP contribution in [-0.2, 0) is 0 Å². The van der Waals surface area contributed by atoms with Gasteiger partial charge in [-0.25, -0.2) is 0 Å². The van der Waals surface area contributed by atoms with E-state index in [4.69, 9.17) is 15.3 Å². The number of quaternary nitrogens is 1. The van der Waals surface area contributed by atoms with Crippen LogP contribution in [0, 0.1) is 15.3 Å². The zero-order valence-electron chi connectivity index (χ0n) is 17.8. The second kappa shape index (κ2) is 10.3. The largest absolute Gasteiger partial charge is 0.356 e. The van der Waals surface area contributed by atoms with Gasteiger partial charge in [0.05, 0.1) is 5.09 Å². The summed E-state index contributed by atoms with van der Waals surface area (Å²) in [7, 11) is 0. The molecule has 33 heavy (non-hydrogen) atoms. The molecule has 6 heteroatoms. The summed E-state index contributed by atoms with van der Waals surface area (Å²) in [5.74, 6) is 0. The molecule has 4 aromatic carbocycles. The first-order valence-corrected chi connectivity index (χ1v) is 10.6. The first-order chi connectivity index (χ1) is 16.1. The van der Waals surface area contributed by atoms with Crippen molar-refractivity contribution in [1.82, 2.24) is 0 Å². The van der Waals surface area contributed by atoms with E-state index in [2.05, 4.69) is 132 Å². The van der Waals surface area contributed by atoms with Crippen LogP contribution in [0.15, 0.2) is 121 Å². The van der Waals surface area contributed by atoms with Crippen molar-refractivity contribution in [2.75, 3.05) is 4.90 Å². The Kier molecular flexibility index (Phi) is 6.78. The summed E-state index contributed by atoms with van der Waals surface area (Å²) in [6, 6.07) is 42.9. The molecule has 6 nitrogen and oxygen atoms in total. The van der Waals surface area contributed by atoms with Crippen molar-refractivity contribution in [3.63, 3.8) is 0 Å². The molecule has 1 heterocycles. The van der Waals surface area contributed by atoms with Gasteiger partial charge in [0, 0.05) is 22.4 Å². The van der Waals surface area contributed by atoms with Crippen LogP contribution in [-0.4, -0.2) is 5.09 Å². The molecule has 0 bridgehead atoms. The SMILES string of the molecule is O=[N+]([O-])[O-].c1ccc(C2=C(c3ccccc3)N(c3ccccc3)C(c3ccccc3)[NH2+]2)cc1. The molecule has 1 aliphatic heterocycles. The summed E-state index contributed by atoms with van der Waals surface area (Å²) in [5.41, 5.74) is 7.47. The summed E-state index contributed by atoms with van der Waals surface area (Å²) in [6.07, 6.45) is 0.143. The Balaban J connectivity index is 0.000000601. The predicted octanol–water partition coefficient (Wildman–Crippen LogP) is 5.06. The first-order valence-electron chi connectivity index (χ1n) is 10.6. The molecule has 0 aromatic heterocycles. The maximum Gasteiger partial charge on any atom is 0.197 e. The maximum absolute atomic E-state index is 8.25. The van der Waals surface area contributed by atoms with Gasteiger partial charge in [-0.2, -0.15) is 0 Å². The normalized spacial score (nSPS) is 15.0. The fourth-order valence-electron chi connectivity index (χ4n) is 4.10. The van der Waals surface area contributed by atoms with E-state index >= 15 is 0 Å². The zero-order chi connectivity index (χ0) is 23.0. The molecule has 0 radical (unpaired) electrons. The highest BCUT2D eigenvalue weighted by atomic mass is 16.9. The molecule has 1 unspecified atom stereocenters. The van der Waals surface area contributed by atoms with Crippen molar-refractivity contribution in [2.24, 2.45) is 0 Å². The van der Waals surface area contributed by atoms with E-state index in [0.717, 1.165) is 0 Å². The van der Waals surface area contributed by atoms with E-state index in [0.29, 0.717) is 0 Å². The fraction of sp³-hybridized carbons (Fsp3) is 0.0370. The van der Waals surface area contributed by atoms with Crippen molar-refractivity contribution >= 4 is 17.1 Å². The van der Waals surface area contributed by atoms with Crippen LogP contribution in [0.4, 0.5) is 5.69 Å². The standard InChI is InChI=1S/C27H22N2.NO3/c1-5-13-21(14-6-1)25-26(22-15-7-2-8-16-22)29(24-19-11-4-12-20-24)27(28-25)23-17-9-3-10-18-23;2-1(3)4/h1-20,27-28H;/q;-1/p+1. The Morgan fingerprint density at radius 2 is 1.06 bits per heavy atom. The second-order valence-electron chi connectivity index (χ2n) is 7.45. The van der Waals surface area contributed by atoms with Gasteiger partial charge in [-0.1, -0.05) is 97.1 Å². The Hall–Kier alpha value is -4.42. The second-order valence-corrected chi connectivity index (χ2v) is 7.45. The lowest BCUT2D eigenvalue weighted by Gasteiger charge is -2.26. The van der Waals surface area contributed by atoms with Gasteiger partial charge < -0.3 is 15.3 Å². The van der Waals surface area contributed by atoms with Crippen LogP contribution in [0.5, 0.6) is 0 Å². The van der Waals surface area contributed by atoms with E-state index in [9.17, 15) is 0 Å². The van der Waals surface area contributed by atoms with Crippen molar-refractivity contribution in [3.05, 3.63) is 153 Å². The lowest BCUT2D eigenvalue weighted by atomic mass is 10.0. The summed E-state index contributed by atoms with van der Waals surface area (Å²) in [6.45, 7) is 0. The predicted molar refractivity (Wildman–Crippen MR) is 130 cm³/mol. The molecule has 0 saturated heterocycles. The van der Waals surface area contributed by atoms with Crippen LogP contribution in [0.2, 0.25) is 0 Å². The topological polar surface area (TPSA) is 86.0 Å². The van der Waals surface area contributed by atoms with E-state index < -0.39 is 5.09 Å². The van der Waals surface area contributed by atoms with Crippen molar-refractivity contribution < 1.29 is 10.4 Å². The van der Waals surface area contributed by atoms with Gasteiger partial charge >= 0.3 is 0 Å². The van der Waals surface area contributed by atoms with Crippen LogP contribution in [0.3, 0.4) is 0 Å². The van der Waals surface area contributed by atoms with E-state index in [1.54, 1.807) is 0 Å².